The number of benzene rings is 1. The van der Waals surface area contributed by atoms with E-state index in [0.717, 1.165) is 16.7 Å². The molecule has 0 aliphatic rings. The standard InChI is InChI=1S/C9H10BrF/c1-6-3-7(2)9(11)8(4-6)5-10/h3-4H,5H2,1-2H3. The highest BCUT2D eigenvalue weighted by atomic mass is 79.9. The van der Waals surface area contributed by atoms with Gasteiger partial charge in [0.1, 0.15) is 5.82 Å². The number of alkyl halides is 1. The SMILES string of the molecule is Cc1cc(C)c(F)c(CBr)c1. The molecule has 0 radical (unpaired) electrons. The van der Waals surface area contributed by atoms with Crippen LogP contribution in [0.2, 0.25) is 0 Å². The highest BCUT2D eigenvalue weighted by Gasteiger charge is 2.03. The van der Waals surface area contributed by atoms with Crippen LogP contribution in [-0.4, -0.2) is 0 Å². The third kappa shape index (κ3) is 1.80. The van der Waals surface area contributed by atoms with E-state index in [1.54, 1.807) is 6.92 Å². The molecule has 1 aromatic rings. The molecule has 0 aliphatic heterocycles. The van der Waals surface area contributed by atoms with Crippen molar-refractivity contribution in [3.63, 3.8) is 0 Å². The van der Waals surface area contributed by atoms with Gasteiger partial charge in [0.2, 0.25) is 0 Å². The van der Waals surface area contributed by atoms with Crippen LogP contribution < -0.4 is 0 Å². The average molecular weight is 217 g/mol. The van der Waals surface area contributed by atoms with E-state index in [0.29, 0.717) is 5.33 Å². The zero-order chi connectivity index (χ0) is 8.43. The van der Waals surface area contributed by atoms with Gasteiger partial charge in [-0.25, -0.2) is 4.39 Å². The van der Waals surface area contributed by atoms with E-state index in [4.69, 9.17) is 0 Å². The van der Waals surface area contributed by atoms with E-state index in [-0.39, 0.29) is 5.82 Å². The predicted molar refractivity (Wildman–Crippen MR) is 48.5 cm³/mol. The van der Waals surface area contributed by atoms with Crippen LogP contribution in [0.15, 0.2) is 12.1 Å². The largest absolute Gasteiger partial charge is 0.206 e. The lowest BCUT2D eigenvalue weighted by Gasteiger charge is -2.03. The second kappa shape index (κ2) is 3.35. The Morgan fingerprint density at radius 1 is 1.36 bits per heavy atom. The summed E-state index contributed by atoms with van der Waals surface area (Å²) < 4.78 is 13.2. The first-order chi connectivity index (χ1) is 5.15. The molecule has 0 saturated carbocycles. The topological polar surface area (TPSA) is 0 Å². The van der Waals surface area contributed by atoms with E-state index < -0.39 is 0 Å². The summed E-state index contributed by atoms with van der Waals surface area (Å²) in [6, 6.07) is 3.71. The maximum atomic E-state index is 13.2. The molecule has 60 valence electrons. The first-order valence-electron chi connectivity index (χ1n) is 3.46. The molecular formula is C9H10BrF. The van der Waals surface area contributed by atoms with E-state index in [1.807, 2.05) is 19.1 Å². The van der Waals surface area contributed by atoms with Gasteiger partial charge in [0, 0.05) is 5.33 Å². The van der Waals surface area contributed by atoms with E-state index >= 15 is 0 Å². The number of halogens is 2. The van der Waals surface area contributed by atoms with Gasteiger partial charge in [-0.05, 0) is 25.0 Å². The third-order valence-corrected chi connectivity index (χ3v) is 2.22. The van der Waals surface area contributed by atoms with Gasteiger partial charge in [0.15, 0.2) is 0 Å². The summed E-state index contributed by atoms with van der Waals surface area (Å²) in [5, 5.41) is 0.585. The van der Waals surface area contributed by atoms with Crippen molar-refractivity contribution in [2.75, 3.05) is 0 Å². The molecule has 0 heterocycles. The van der Waals surface area contributed by atoms with Gasteiger partial charge in [-0.1, -0.05) is 33.6 Å². The fourth-order valence-electron chi connectivity index (χ4n) is 1.14. The molecule has 0 N–H and O–H groups in total. The van der Waals surface area contributed by atoms with Crippen molar-refractivity contribution >= 4 is 15.9 Å². The molecule has 0 amide bonds. The summed E-state index contributed by atoms with van der Waals surface area (Å²) in [6.07, 6.45) is 0. The van der Waals surface area contributed by atoms with Crippen LogP contribution in [0, 0.1) is 19.7 Å². The van der Waals surface area contributed by atoms with Gasteiger partial charge in [-0.2, -0.15) is 0 Å². The predicted octanol–water partition coefficient (Wildman–Crippen LogP) is 3.34. The summed E-state index contributed by atoms with van der Waals surface area (Å²) in [5.41, 5.74) is 2.57. The van der Waals surface area contributed by atoms with Crippen molar-refractivity contribution in [3.05, 3.63) is 34.6 Å². The summed E-state index contributed by atoms with van der Waals surface area (Å²) >= 11 is 3.24. The Balaban J connectivity index is 3.24. The van der Waals surface area contributed by atoms with Crippen LogP contribution >= 0.6 is 15.9 Å². The molecule has 0 spiro atoms. The normalized spacial score (nSPS) is 10.2. The second-order valence-electron chi connectivity index (χ2n) is 2.69. The molecule has 0 bridgehead atoms. The lowest BCUT2D eigenvalue weighted by atomic mass is 10.1. The Labute approximate surface area is 74.6 Å². The maximum Gasteiger partial charge on any atom is 0.130 e. The Morgan fingerprint density at radius 3 is 2.55 bits per heavy atom. The molecule has 0 saturated heterocycles. The minimum absolute atomic E-state index is 0.0903. The molecule has 0 fully saturated rings. The van der Waals surface area contributed by atoms with Crippen molar-refractivity contribution < 1.29 is 4.39 Å². The van der Waals surface area contributed by atoms with Crippen LogP contribution in [0.1, 0.15) is 16.7 Å². The maximum absolute atomic E-state index is 13.2. The van der Waals surface area contributed by atoms with E-state index in [9.17, 15) is 4.39 Å². The van der Waals surface area contributed by atoms with Gasteiger partial charge in [0.05, 0.1) is 0 Å². The molecule has 0 atom stereocenters. The third-order valence-electron chi connectivity index (χ3n) is 1.62. The summed E-state index contributed by atoms with van der Waals surface area (Å²) in [6.45, 7) is 3.76. The molecular weight excluding hydrogens is 207 g/mol. The van der Waals surface area contributed by atoms with E-state index in [1.165, 1.54) is 0 Å². The number of aryl methyl sites for hydroxylation is 2. The minimum Gasteiger partial charge on any atom is -0.206 e. The highest BCUT2D eigenvalue weighted by molar-refractivity contribution is 9.08. The van der Waals surface area contributed by atoms with Gasteiger partial charge in [-0.3, -0.25) is 0 Å². The molecule has 1 rings (SSSR count). The van der Waals surface area contributed by atoms with Crippen LogP contribution in [0.4, 0.5) is 4.39 Å². The van der Waals surface area contributed by atoms with Crippen LogP contribution in [0.3, 0.4) is 0 Å². The lowest BCUT2D eigenvalue weighted by molar-refractivity contribution is 0.608. The van der Waals surface area contributed by atoms with E-state index in [2.05, 4.69) is 15.9 Å². The monoisotopic (exact) mass is 216 g/mol. The average Bonchev–Trinajstić information content (AvgIpc) is 1.96. The fraction of sp³-hybridized carbons (Fsp3) is 0.333. The number of rotatable bonds is 1. The first kappa shape index (κ1) is 8.72. The summed E-state index contributed by atoms with van der Waals surface area (Å²) in [4.78, 5) is 0. The van der Waals surface area contributed by atoms with Crippen LogP contribution in [-0.2, 0) is 5.33 Å². The van der Waals surface area contributed by atoms with Gasteiger partial charge in [-0.15, -0.1) is 0 Å². The lowest BCUT2D eigenvalue weighted by Crippen LogP contribution is -1.91. The first-order valence-corrected chi connectivity index (χ1v) is 4.59. The molecule has 0 nitrogen and oxygen atoms in total. The Bertz CT molecular complexity index is 269. The zero-order valence-electron chi connectivity index (χ0n) is 6.62. The molecule has 0 unspecified atom stereocenters. The number of hydrogen-bond acceptors (Lipinski definition) is 0. The summed E-state index contributed by atoms with van der Waals surface area (Å²) in [5.74, 6) is -0.0903. The van der Waals surface area contributed by atoms with Gasteiger partial charge >= 0.3 is 0 Å². The Hall–Kier alpha value is -0.370. The fourth-order valence-corrected chi connectivity index (χ4v) is 1.54. The van der Waals surface area contributed by atoms with Crippen LogP contribution in [0.5, 0.6) is 0 Å². The van der Waals surface area contributed by atoms with Crippen molar-refractivity contribution in [1.29, 1.82) is 0 Å². The minimum atomic E-state index is -0.0903. The van der Waals surface area contributed by atoms with Gasteiger partial charge < -0.3 is 0 Å². The number of hydrogen-bond donors (Lipinski definition) is 0. The molecule has 1 aromatic carbocycles. The highest BCUT2D eigenvalue weighted by Crippen LogP contribution is 2.17. The molecule has 11 heavy (non-hydrogen) atoms. The Morgan fingerprint density at radius 2 is 2.00 bits per heavy atom. The van der Waals surface area contributed by atoms with Crippen molar-refractivity contribution in [2.45, 2.75) is 19.2 Å². The van der Waals surface area contributed by atoms with Crippen molar-refractivity contribution in [3.8, 4) is 0 Å². The quantitative estimate of drug-likeness (QED) is 0.633. The molecule has 2 heteroatoms. The molecule has 0 aliphatic carbocycles. The van der Waals surface area contributed by atoms with Crippen molar-refractivity contribution in [2.24, 2.45) is 0 Å². The van der Waals surface area contributed by atoms with Gasteiger partial charge in [0.25, 0.3) is 0 Å². The van der Waals surface area contributed by atoms with Crippen molar-refractivity contribution in [1.82, 2.24) is 0 Å². The second-order valence-corrected chi connectivity index (χ2v) is 3.25. The summed E-state index contributed by atoms with van der Waals surface area (Å²) in [7, 11) is 0. The Kier molecular flexibility index (Phi) is 2.66. The smallest absolute Gasteiger partial charge is 0.130 e. The zero-order valence-corrected chi connectivity index (χ0v) is 8.20. The molecule has 0 aromatic heterocycles. The van der Waals surface area contributed by atoms with Crippen LogP contribution in [0.25, 0.3) is 0 Å².